The van der Waals surface area contributed by atoms with Crippen LogP contribution in [0.2, 0.25) is 0 Å². The van der Waals surface area contributed by atoms with E-state index in [0.29, 0.717) is 24.8 Å². The highest BCUT2D eigenvalue weighted by Crippen LogP contribution is 2.39. The average molecular weight is 701 g/mol. The minimum absolute atomic E-state index is 0.0510. The molecule has 1 heterocycles. The number of piperidine rings is 1. The summed E-state index contributed by atoms with van der Waals surface area (Å²) in [5, 5.41) is 20.5. The zero-order valence-corrected chi connectivity index (χ0v) is 30.4. The number of β-amino-alcohol motifs (C(OH)–C–C–N with tert-alkyl or cyclic N) is 1. The molecule has 0 radical (unpaired) electrons. The van der Waals surface area contributed by atoms with Crippen LogP contribution in [0, 0.1) is 17.7 Å². The smallest absolute Gasteiger partial charge is 0.251 e. The summed E-state index contributed by atoms with van der Waals surface area (Å²) in [6, 6.07) is 11.1. The first-order valence-electron chi connectivity index (χ1n) is 17.2. The Bertz CT molecular complexity index is 1560. The van der Waals surface area contributed by atoms with Gasteiger partial charge in [0.15, 0.2) is 9.84 Å². The van der Waals surface area contributed by atoms with Gasteiger partial charge in [-0.3, -0.25) is 19.3 Å². The molecular weight excluding hydrogens is 647 g/mol. The predicted molar refractivity (Wildman–Crippen MR) is 188 cm³/mol. The van der Waals surface area contributed by atoms with Gasteiger partial charge in [-0.25, -0.2) is 12.8 Å². The third-order valence-corrected chi connectivity index (χ3v) is 12.3. The van der Waals surface area contributed by atoms with Gasteiger partial charge in [0.2, 0.25) is 11.8 Å². The number of carbonyl (C=O) groups is 3. The molecule has 49 heavy (non-hydrogen) atoms. The average Bonchev–Trinajstić information content (AvgIpc) is 3.02. The number of nitrogens with zero attached hydrogens (tertiary/aromatic N) is 1. The Morgan fingerprint density at radius 3 is 2.14 bits per heavy atom. The van der Waals surface area contributed by atoms with Crippen molar-refractivity contribution in [2.45, 2.75) is 108 Å². The number of fused-ring (bicyclic) bond motifs is 1. The van der Waals surface area contributed by atoms with E-state index in [4.69, 9.17) is 0 Å². The number of halogens is 1. The first-order chi connectivity index (χ1) is 22.9. The van der Waals surface area contributed by atoms with Gasteiger partial charge in [0, 0.05) is 30.4 Å². The van der Waals surface area contributed by atoms with Gasteiger partial charge in [-0.15, -0.1) is 0 Å². The van der Waals surface area contributed by atoms with Crippen molar-refractivity contribution in [3.8, 4) is 0 Å². The lowest BCUT2D eigenvalue weighted by atomic mass is 9.72. The number of nitrogens with one attached hydrogen (secondary N) is 3. The number of amides is 3. The maximum absolute atomic E-state index is 14.1. The van der Waals surface area contributed by atoms with Crippen LogP contribution in [0.1, 0.15) is 82.6 Å². The van der Waals surface area contributed by atoms with Gasteiger partial charge >= 0.3 is 0 Å². The van der Waals surface area contributed by atoms with Gasteiger partial charge in [0.05, 0.1) is 22.9 Å². The quantitative estimate of drug-likeness (QED) is 0.265. The van der Waals surface area contributed by atoms with Crippen LogP contribution in [0.4, 0.5) is 4.39 Å². The number of hydrogen-bond acceptors (Lipinski definition) is 7. The number of likely N-dealkylation sites (tertiary alicyclic amines) is 1. The van der Waals surface area contributed by atoms with Crippen LogP contribution in [0.5, 0.6) is 0 Å². The second-order valence-corrected chi connectivity index (χ2v) is 18.0. The van der Waals surface area contributed by atoms with E-state index in [-0.39, 0.29) is 24.4 Å². The number of aliphatic hydroxyl groups is 1. The molecule has 4 rings (SSSR count). The highest BCUT2D eigenvalue weighted by atomic mass is 32.2. The summed E-state index contributed by atoms with van der Waals surface area (Å²) in [6.07, 6.45) is 5.16. The normalized spacial score (nSPS) is 22.2. The molecule has 2 fully saturated rings. The van der Waals surface area contributed by atoms with Crippen LogP contribution in [0.3, 0.4) is 0 Å². The number of carbonyl (C=O) groups excluding carboxylic acids is 3. The van der Waals surface area contributed by atoms with E-state index in [9.17, 15) is 32.3 Å². The molecule has 270 valence electrons. The molecule has 1 aliphatic heterocycles. The molecule has 12 heteroatoms. The minimum Gasteiger partial charge on any atom is -0.390 e. The number of sulfone groups is 1. The fourth-order valence-corrected chi connectivity index (χ4v) is 7.59. The number of aliphatic hydroxyl groups excluding tert-OH is 1. The molecule has 2 aromatic carbocycles. The van der Waals surface area contributed by atoms with E-state index in [1.807, 2.05) is 56.0 Å². The molecule has 3 amide bonds. The lowest BCUT2D eigenvalue weighted by Gasteiger charge is -2.47. The Morgan fingerprint density at radius 2 is 1.55 bits per heavy atom. The Morgan fingerprint density at radius 1 is 0.939 bits per heavy atom. The Labute approximate surface area is 290 Å². The summed E-state index contributed by atoms with van der Waals surface area (Å²) in [5.74, 6) is -1.35. The lowest BCUT2D eigenvalue weighted by Crippen LogP contribution is -2.64. The van der Waals surface area contributed by atoms with E-state index in [2.05, 4.69) is 16.0 Å². The highest BCUT2D eigenvalue weighted by molar-refractivity contribution is 7.92. The maximum Gasteiger partial charge on any atom is 0.251 e. The van der Waals surface area contributed by atoms with E-state index < -0.39 is 62.0 Å². The second kappa shape index (κ2) is 15.7. The third kappa shape index (κ3) is 10.1. The van der Waals surface area contributed by atoms with Gasteiger partial charge in [-0.1, -0.05) is 49.6 Å². The SMILES string of the molecule is CC(C)(C)NC(=O)[C@@H]1C[C@@H]2CCCC[C@@H]2CN1C[C@@H](O)[C@H](Cc1ccccc1)NC(=O)[C@@H](NC(=O)c1ccc(F)cc1)C(C)(C)S(C)(=O)=O. The van der Waals surface area contributed by atoms with E-state index in [1.54, 1.807) is 0 Å². The molecule has 2 aliphatic rings. The lowest BCUT2D eigenvalue weighted by molar-refractivity contribution is -0.133. The molecule has 0 bridgehead atoms. The molecule has 6 atom stereocenters. The van der Waals surface area contributed by atoms with Crippen molar-refractivity contribution >= 4 is 27.6 Å². The zero-order chi connectivity index (χ0) is 36.1. The molecule has 1 aliphatic carbocycles. The van der Waals surface area contributed by atoms with Crippen LogP contribution in [0.15, 0.2) is 54.6 Å². The second-order valence-electron chi connectivity index (χ2n) is 15.4. The molecule has 0 spiro atoms. The molecule has 0 unspecified atom stereocenters. The van der Waals surface area contributed by atoms with Crippen LogP contribution in [-0.2, 0) is 25.8 Å². The van der Waals surface area contributed by atoms with E-state index in [0.717, 1.165) is 49.6 Å². The van der Waals surface area contributed by atoms with Gasteiger partial charge < -0.3 is 21.1 Å². The third-order valence-electron chi connectivity index (χ3n) is 10.1. The number of rotatable bonds is 12. The molecular formula is C37H53FN4O6S. The summed E-state index contributed by atoms with van der Waals surface area (Å²) >= 11 is 0. The standard InChI is InChI=1S/C37H53FN4O6S/c1-36(2,3)41-34(45)30-21-26-14-10-11-15-27(26)22-42(30)23-31(43)29(20-24-12-8-7-9-13-24)39-35(46)32(37(4,5)49(6,47)48)40-33(44)25-16-18-28(38)19-17-25/h7-9,12-13,16-19,26-27,29-32,43H,10-11,14-15,20-23H2,1-6H3,(H,39,46)(H,40,44)(H,41,45)/t26-,27+,29-,30-,31+,32+/m0/s1. The van der Waals surface area contributed by atoms with Gasteiger partial charge in [-0.2, -0.15) is 0 Å². The molecule has 10 nitrogen and oxygen atoms in total. The Balaban J connectivity index is 1.63. The van der Waals surface area contributed by atoms with E-state index >= 15 is 0 Å². The van der Waals surface area contributed by atoms with Gasteiger partial charge in [0.1, 0.15) is 11.9 Å². The van der Waals surface area contributed by atoms with Crippen LogP contribution in [-0.4, -0.2) is 90.0 Å². The maximum atomic E-state index is 14.1. The van der Waals surface area contributed by atoms with Crippen LogP contribution >= 0.6 is 0 Å². The minimum atomic E-state index is -3.91. The van der Waals surface area contributed by atoms with Gasteiger partial charge in [-0.05, 0) is 95.5 Å². The first-order valence-corrected chi connectivity index (χ1v) is 19.1. The Kier molecular flexibility index (Phi) is 12.3. The first kappa shape index (κ1) is 38.5. The summed E-state index contributed by atoms with van der Waals surface area (Å²) in [6.45, 7) is 9.26. The van der Waals surface area contributed by atoms with Crippen molar-refractivity contribution in [1.29, 1.82) is 0 Å². The number of hydrogen-bond donors (Lipinski definition) is 4. The molecule has 1 saturated heterocycles. The van der Waals surface area contributed by atoms with Crippen molar-refractivity contribution in [3.63, 3.8) is 0 Å². The van der Waals surface area contributed by atoms with Crippen molar-refractivity contribution < 1.29 is 32.3 Å². The van der Waals surface area contributed by atoms with Gasteiger partial charge in [0.25, 0.3) is 5.91 Å². The molecule has 2 aromatic rings. The fourth-order valence-electron chi connectivity index (χ4n) is 7.00. The molecule has 0 aromatic heterocycles. The van der Waals surface area contributed by atoms with Crippen LogP contribution in [0.25, 0.3) is 0 Å². The highest BCUT2D eigenvalue weighted by Gasteiger charge is 2.46. The number of benzene rings is 2. The van der Waals surface area contributed by atoms with E-state index in [1.165, 1.54) is 26.0 Å². The van der Waals surface area contributed by atoms with Crippen molar-refractivity contribution in [2.24, 2.45) is 11.8 Å². The topological polar surface area (TPSA) is 145 Å². The monoisotopic (exact) mass is 700 g/mol. The Hall–Kier alpha value is -3.35. The summed E-state index contributed by atoms with van der Waals surface area (Å²) in [5.41, 5.74) is 0.443. The van der Waals surface area contributed by atoms with Crippen molar-refractivity contribution in [3.05, 3.63) is 71.5 Å². The van der Waals surface area contributed by atoms with Crippen molar-refractivity contribution in [2.75, 3.05) is 19.3 Å². The largest absolute Gasteiger partial charge is 0.390 e. The van der Waals surface area contributed by atoms with Crippen LogP contribution < -0.4 is 16.0 Å². The summed E-state index contributed by atoms with van der Waals surface area (Å²) in [7, 11) is -3.91. The fraction of sp³-hybridized carbons (Fsp3) is 0.595. The molecule has 4 N–H and O–H groups in total. The summed E-state index contributed by atoms with van der Waals surface area (Å²) in [4.78, 5) is 43.0. The summed E-state index contributed by atoms with van der Waals surface area (Å²) < 4.78 is 37.7. The predicted octanol–water partition coefficient (Wildman–Crippen LogP) is 3.63. The zero-order valence-electron chi connectivity index (χ0n) is 29.5. The molecule has 1 saturated carbocycles. The van der Waals surface area contributed by atoms with Crippen molar-refractivity contribution in [1.82, 2.24) is 20.9 Å².